The fraction of sp³-hybridized carbons (Fsp3) is 0.125. The molecule has 3 aromatic rings. The number of sulfone groups is 1. The molecule has 2 aromatic carbocycles. The van der Waals surface area contributed by atoms with E-state index in [1.807, 2.05) is 6.92 Å². The molecule has 0 saturated heterocycles. The molecule has 7 heteroatoms. The van der Waals surface area contributed by atoms with Crippen LogP contribution in [0.1, 0.15) is 11.3 Å². The normalized spacial score (nSPS) is 11.6. The molecule has 0 radical (unpaired) electrons. The zero-order valence-electron chi connectivity index (χ0n) is 12.6. The highest BCUT2D eigenvalue weighted by Gasteiger charge is 2.25. The highest BCUT2D eigenvalue weighted by atomic mass is 35.5. The number of aryl methyl sites for hydroxylation is 1. The Morgan fingerprint density at radius 3 is 2.39 bits per heavy atom. The second-order valence-electron chi connectivity index (χ2n) is 5.19. The monoisotopic (exact) mass is 347 g/mol. The van der Waals surface area contributed by atoms with Crippen LogP contribution >= 0.6 is 11.6 Å². The van der Waals surface area contributed by atoms with E-state index in [0.29, 0.717) is 16.4 Å². The highest BCUT2D eigenvalue weighted by Crippen LogP contribution is 2.24. The van der Waals surface area contributed by atoms with Crippen LogP contribution in [0.25, 0.3) is 5.69 Å². The van der Waals surface area contributed by atoms with Crippen molar-refractivity contribution >= 4 is 21.4 Å². The topological polar surface area (TPSA) is 64.8 Å². The minimum Gasteiger partial charge on any atom is -0.217 e. The first-order chi connectivity index (χ1) is 10.9. The van der Waals surface area contributed by atoms with E-state index in [4.69, 9.17) is 11.6 Å². The lowest BCUT2D eigenvalue weighted by Crippen LogP contribution is -2.05. The molecular formula is C16H14ClN3O2S. The first kappa shape index (κ1) is 15.7. The van der Waals surface area contributed by atoms with Crippen LogP contribution in [0.2, 0.25) is 5.02 Å². The van der Waals surface area contributed by atoms with Gasteiger partial charge in [0.25, 0.3) is 0 Å². The minimum absolute atomic E-state index is 0.0543. The average molecular weight is 348 g/mol. The van der Waals surface area contributed by atoms with Crippen molar-refractivity contribution in [1.82, 2.24) is 15.0 Å². The molecule has 0 aliphatic rings. The summed E-state index contributed by atoms with van der Waals surface area (Å²) >= 11 is 5.97. The molecule has 3 rings (SSSR count). The molecule has 1 aromatic heterocycles. The number of rotatable bonds is 3. The number of nitrogens with zero attached hydrogens (tertiary/aromatic N) is 3. The lowest BCUT2D eigenvalue weighted by atomic mass is 10.2. The summed E-state index contributed by atoms with van der Waals surface area (Å²) in [6.07, 6.45) is 0. The summed E-state index contributed by atoms with van der Waals surface area (Å²) in [6, 6.07) is 13.6. The zero-order chi connectivity index (χ0) is 16.6. The predicted octanol–water partition coefficient (Wildman–Crippen LogP) is 3.37. The Morgan fingerprint density at radius 2 is 1.74 bits per heavy atom. The van der Waals surface area contributed by atoms with Crippen molar-refractivity contribution in [3.63, 3.8) is 0 Å². The van der Waals surface area contributed by atoms with E-state index in [-0.39, 0.29) is 9.92 Å². The maximum Gasteiger partial charge on any atom is 0.227 e. The Hall–Kier alpha value is -2.18. The van der Waals surface area contributed by atoms with E-state index in [9.17, 15) is 8.42 Å². The van der Waals surface area contributed by atoms with Gasteiger partial charge in [-0.3, -0.25) is 0 Å². The molecule has 0 bridgehead atoms. The Bertz CT molecular complexity index is 963. The zero-order valence-corrected chi connectivity index (χ0v) is 14.1. The van der Waals surface area contributed by atoms with Crippen LogP contribution in [0.5, 0.6) is 0 Å². The van der Waals surface area contributed by atoms with Crippen LogP contribution in [0.15, 0.2) is 58.5 Å². The van der Waals surface area contributed by atoms with Gasteiger partial charge in [-0.1, -0.05) is 40.6 Å². The molecular weight excluding hydrogens is 334 g/mol. The third-order valence-corrected chi connectivity index (χ3v) is 5.50. The molecule has 0 atom stereocenters. The van der Waals surface area contributed by atoms with Gasteiger partial charge in [-0.2, -0.15) is 0 Å². The van der Waals surface area contributed by atoms with Gasteiger partial charge in [0.05, 0.1) is 16.3 Å². The molecule has 118 valence electrons. The Kier molecular flexibility index (Phi) is 3.95. The van der Waals surface area contributed by atoms with E-state index >= 15 is 0 Å². The van der Waals surface area contributed by atoms with Gasteiger partial charge < -0.3 is 0 Å². The number of hydrogen-bond donors (Lipinski definition) is 0. The first-order valence-electron chi connectivity index (χ1n) is 6.89. The van der Waals surface area contributed by atoms with Gasteiger partial charge in [0.15, 0.2) is 0 Å². The summed E-state index contributed by atoms with van der Waals surface area (Å²) in [7, 11) is -3.71. The standard InChI is InChI=1S/C16H14ClN3O2S/c1-11-6-8-15(9-7-11)23(21,22)16-12(2)20(19-18-16)14-5-3-4-13(17)10-14/h3-10H,1-2H3. The quantitative estimate of drug-likeness (QED) is 0.728. The number of benzene rings is 2. The fourth-order valence-electron chi connectivity index (χ4n) is 2.25. The highest BCUT2D eigenvalue weighted by molar-refractivity contribution is 7.91. The molecule has 23 heavy (non-hydrogen) atoms. The van der Waals surface area contributed by atoms with E-state index in [1.165, 1.54) is 4.68 Å². The molecule has 0 spiro atoms. The van der Waals surface area contributed by atoms with E-state index in [2.05, 4.69) is 10.3 Å². The van der Waals surface area contributed by atoms with Crippen molar-refractivity contribution in [2.75, 3.05) is 0 Å². The number of halogens is 1. The molecule has 0 unspecified atom stereocenters. The average Bonchev–Trinajstić information content (AvgIpc) is 2.90. The number of aromatic nitrogens is 3. The van der Waals surface area contributed by atoms with Crippen LogP contribution in [0.4, 0.5) is 0 Å². The van der Waals surface area contributed by atoms with Gasteiger partial charge in [0, 0.05) is 5.02 Å². The summed E-state index contributed by atoms with van der Waals surface area (Å²) in [4.78, 5) is 0.198. The predicted molar refractivity (Wildman–Crippen MR) is 87.7 cm³/mol. The van der Waals surface area contributed by atoms with Crippen molar-refractivity contribution in [2.45, 2.75) is 23.8 Å². The third kappa shape index (κ3) is 2.87. The van der Waals surface area contributed by atoms with Gasteiger partial charge in [-0.05, 0) is 44.2 Å². The smallest absolute Gasteiger partial charge is 0.217 e. The maximum absolute atomic E-state index is 12.7. The Labute approximate surface area is 139 Å². The van der Waals surface area contributed by atoms with Crippen molar-refractivity contribution < 1.29 is 8.42 Å². The van der Waals surface area contributed by atoms with E-state index in [0.717, 1.165) is 5.56 Å². The number of hydrogen-bond acceptors (Lipinski definition) is 4. The Morgan fingerprint density at radius 1 is 1.04 bits per heavy atom. The van der Waals surface area contributed by atoms with E-state index in [1.54, 1.807) is 55.5 Å². The van der Waals surface area contributed by atoms with Crippen LogP contribution < -0.4 is 0 Å². The second-order valence-corrected chi connectivity index (χ2v) is 7.49. The largest absolute Gasteiger partial charge is 0.227 e. The van der Waals surface area contributed by atoms with Gasteiger partial charge in [0.2, 0.25) is 14.9 Å². The van der Waals surface area contributed by atoms with Crippen LogP contribution in [0, 0.1) is 13.8 Å². The van der Waals surface area contributed by atoms with Crippen molar-refractivity contribution in [1.29, 1.82) is 0 Å². The van der Waals surface area contributed by atoms with Crippen LogP contribution in [-0.2, 0) is 9.84 Å². The van der Waals surface area contributed by atoms with Gasteiger partial charge in [-0.25, -0.2) is 13.1 Å². The molecule has 0 saturated carbocycles. The molecule has 0 aliphatic carbocycles. The van der Waals surface area contributed by atoms with Crippen molar-refractivity contribution in [3.8, 4) is 5.69 Å². The second kappa shape index (κ2) is 5.79. The summed E-state index contributed by atoms with van der Waals surface area (Å²) in [6.45, 7) is 3.57. The first-order valence-corrected chi connectivity index (χ1v) is 8.76. The fourth-order valence-corrected chi connectivity index (χ4v) is 3.77. The molecule has 0 fully saturated rings. The molecule has 0 amide bonds. The Balaban J connectivity index is 2.10. The third-order valence-electron chi connectivity index (χ3n) is 3.49. The summed E-state index contributed by atoms with van der Waals surface area (Å²) < 4.78 is 26.9. The van der Waals surface area contributed by atoms with E-state index < -0.39 is 9.84 Å². The van der Waals surface area contributed by atoms with Crippen molar-refractivity contribution in [3.05, 3.63) is 64.8 Å². The van der Waals surface area contributed by atoms with Gasteiger partial charge >= 0.3 is 0 Å². The summed E-state index contributed by atoms with van der Waals surface area (Å²) in [5, 5.41) is 8.33. The maximum atomic E-state index is 12.7. The van der Waals surface area contributed by atoms with Gasteiger partial charge in [-0.15, -0.1) is 5.10 Å². The van der Waals surface area contributed by atoms with Crippen LogP contribution in [-0.4, -0.2) is 23.4 Å². The van der Waals surface area contributed by atoms with Crippen LogP contribution in [0.3, 0.4) is 0 Å². The minimum atomic E-state index is -3.71. The molecule has 5 nitrogen and oxygen atoms in total. The molecule has 0 N–H and O–H groups in total. The lowest BCUT2D eigenvalue weighted by Gasteiger charge is -2.05. The van der Waals surface area contributed by atoms with Gasteiger partial charge in [0.1, 0.15) is 0 Å². The SMILES string of the molecule is Cc1ccc(S(=O)(=O)c2nnn(-c3cccc(Cl)c3)c2C)cc1. The molecule has 0 aliphatic heterocycles. The lowest BCUT2D eigenvalue weighted by molar-refractivity contribution is 0.591. The summed E-state index contributed by atoms with van der Waals surface area (Å²) in [5.74, 6) is 0. The summed E-state index contributed by atoms with van der Waals surface area (Å²) in [5.41, 5.74) is 2.09. The molecule has 1 heterocycles. The van der Waals surface area contributed by atoms with Crippen molar-refractivity contribution in [2.24, 2.45) is 0 Å².